The fraction of sp³-hybridized carbons (Fsp3) is 0.0556. The molecule has 0 saturated carbocycles. The second-order valence-electron chi connectivity index (χ2n) is 5.20. The molecule has 0 aliphatic carbocycles. The van der Waals surface area contributed by atoms with Crippen LogP contribution < -0.4 is 15.8 Å². The van der Waals surface area contributed by atoms with Crippen molar-refractivity contribution in [1.82, 2.24) is 0 Å². The summed E-state index contributed by atoms with van der Waals surface area (Å²) >= 11 is 11.9. The van der Waals surface area contributed by atoms with Gasteiger partial charge in [0.05, 0.1) is 28.5 Å². The Morgan fingerprint density at radius 1 is 1.08 bits per heavy atom. The van der Waals surface area contributed by atoms with Gasteiger partial charge in [-0.15, -0.1) is 0 Å². The lowest BCUT2D eigenvalue weighted by molar-refractivity contribution is 0.0997. The number of hydrogen-bond donors (Lipinski definition) is 2. The van der Waals surface area contributed by atoms with Crippen LogP contribution in [0.15, 0.2) is 52.9 Å². The Morgan fingerprint density at radius 2 is 1.88 bits per heavy atom. The molecule has 1 heterocycles. The number of halogens is 2. The lowest BCUT2D eigenvalue weighted by Gasteiger charge is -2.08. The summed E-state index contributed by atoms with van der Waals surface area (Å²) in [6.45, 7) is 0. The minimum absolute atomic E-state index is 0.149. The van der Waals surface area contributed by atoms with E-state index in [1.54, 1.807) is 55.6 Å². The van der Waals surface area contributed by atoms with Crippen LogP contribution in [0.2, 0.25) is 10.0 Å². The number of hydrogen-bond acceptors (Lipinski definition) is 4. The molecule has 0 spiro atoms. The Balaban J connectivity index is 1.80. The fourth-order valence-corrected chi connectivity index (χ4v) is 2.53. The number of rotatable bonds is 4. The van der Waals surface area contributed by atoms with Crippen LogP contribution >= 0.6 is 23.2 Å². The van der Waals surface area contributed by atoms with Gasteiger partial charge in [-0.05, 0) is 42.5 Å². The first kappa shape index (κ1) is 17.2. The van der Waals surface area contributed by atoms with Gasteiger partial charge >= 0.3 is 0 Å². The molecule has 0 bridgehead atoms. The molecule has 0 saturated heterocycles. The Morgan fingerprint density at radius 3 is 2.56 bits per heavy atom. The molecule has 0 atom stereocenters. The smallest absolute Gasteiger partial charge is 0.291 e. The topological polar surface area (TPSA) is 77.5 Å². The molecule has 0 aliphatic heterocycles. The number of nitrogens with one attached hydrogen (secondary N) is 1. The molecule has 128 valence electrons. The summed E-state index contributed by atoms with van der Waals surface area (Å²) in [5.74, 6) is 0.848. The van der Waals surface area contributed by atoms with Crippen molar-refractivity contribution in [3.63, 3.8) is 0 Å². The number of anilines is 2. The van der Waals surface area contributed by atoms with Gasteiger partial charge in [-0.2, -0.15) is 0 Å². The lowest BCUT2D eigenvalue weighted by atomic mass is 10.2. The molecule has 25 heavy (non-hydrogen) atoms. The molecule has 0 radical (unpaired) electrons. The van der Waals surface area contributed by atoms with Gasteiger partial charge in [-0.1, -0.05) is 23.2 Å². The standard InChI is InChI=1S/C18H14Cl2N2O3/c1-24-11-3-5-15(14(21)9-11)22-18(23)17-7-6-16(25-17)10-2-4-12(19)13(20)8-10/h2-9H,21H2,1H3,(H,22,23). The number of furan rings is 1. The zero-order valence-electron chi connectivity index (χ0n) is 13.2. The number of ether oxygens (including phenoxy) is 1. The summed E-state index contributed by atoms with van der Waals surface area (Å²) in [5, 5.41) is 3.56. The van der Waals surface area contributed by atoms with Crippen molar-refractivity contribution in [2.45, 2.75) is 0 Å². The van der Waals surface area contributed by atoms with Crippen molar-refractivity contribution >= 4 is 40.5 Å². The zero-order chi connectivity index (χ0) is 18.0. The SMILES string of the molecule is COc1ccc(NC(=O)c2ccc(-c3ccc(Cl)c(Cl)c3)o2)c(N)c1. The summed E-state index contributed by atoms with van der Waals surface area (Å²) in [4.78, 5) is 12.3. The van der Waals surface area contributed by atoms with Crippen LogP contribution in [0.3, 0.4) is 0 Å². The summed E-state index contributed by atoms with van der Waals surface area (Å²) in [5.41, 5.74) is 7.48. The van der Waals surface area contributed by atoms with E-state index in [0.717, 1.165) is 5.56 Å². The predicted octanol–water partition coefficient (Wildman–Crippen LogP) is 5.10. The number of carbonyl (C=O) groups excluding carboxylic acids is 1. The Labute approximate surface area is 154 Å². The van der Waals surface area contributed by atoms with Crippen LogP contribution in [0.4, 0.5) is 11.4 Å². The van der Waals surface area contributed by atoms with Gasteiger partial charge in [0.1, 0.15) is 11.5 Å². The van der Waals surface area contributed by atoms with Gasteiger partial charge < -0.3 is 20.2 Å². The highest BCUT2D eigenvalue weighted by Crippen LogP contribution is 2.30. The lowest BCUT2D eigenvalue weighted by Crippen LogP contribution is -2.12. The molecule has 5 nitrogen and oxygen atoms in total. The third-order valence-corrected chi connectivity index (χ3v) is 4.28. The number of carbonyl (C=O) groups is 1. The van der Waals surface area contributed by atoms with Gasteiger partial charge in [0.25, 0.3) is 5.91 Å². The van der Waals surface area contributed by atoms with E-state index in [9.17, 15) is 4.79 Å². The normalized spacial score (nSPS) is 10.5. The van der Waals surface area contributed by atoms with E-state index in [1.165, 1.54) is 0 Å². The number of amides is 1. The summed E-state index contributed by atoms with van der Waals surface area (Å²) < 4.78 is 10.7. The first-order valence-electron chi connectivity index (χ1n) is 7.28. The predicted molar refractivity (Wildman–Crippen MR) is 99.5 cm³/mol. The minimum Gasteiger partial charge on any atom is -0.497 e. The fourth-order valence-electron chi connectivity index (χ4n) is 2.23. The molecule has 0 unspecified atom stereocenters. The van der Waals surface area contributed by atoms with Gasteiger partial charge in [-0.3, -0.25) is 4.79 Å². The maximum Gasteiger partial charge on any atom is 0.291 e. The first-order chi connectivity index (χ1) is 12.0. The van der Waals surface area contributed by atoms with Crippen LogP contribution in [0.1, 0.15) is 10.6 Å². The molecular weight excluding hydrogens is 363 g/mol. The van der Waals surface area contributed by atoms with Crippen molar-refractivity contribution in [3.05, 3.63) is 64.3 Å². The van der Waals surface area contributed by atoms with Crippen LogP contribution in [0.5, 0.6) is 5.75 Å². The third-order valence-electron chi connectivity index (χ3n) is 3.54. The third kappa shape index (κ3) is 3.73. The maximum atomic E-state index is 12.3. The molecule has 1 amide bonds. The highest BCUT2D eigenvalue weighted by molar-refractivity contribution is 6.42. The summed E-state index contributed by atoms with van der Waals surface area (Å²) in [7, 11) is 1.54. The van der Waals surface area contributed by atoms with Gasteiger partial charge in [0.15, 0.2) is 5.76 Å². The van der Waals surface area contributed by atoms with E-state index in [2.05, 4.69) is 5.32 Å². The van der Waals surface area contributed by atoms with E-state index in [-0.39, 0.29) is 5.76 Å². The van der Waals surface area contributed by atoms with Crippen LogP contribution in [-0.4, -0.2) is 13.0 Å². The molecule has 0 fully saturated rings. The van der Waals surface area contributed by atoms with Crippen LogP contribution in [-0.2, 0) is 0 Å². The molecular formula is C18H14Cl2N2O3. The van der Waals surface area contributed by atoms with E-state index in [1.807, 2.05) is 0 Å². The summed E-state index contributed by atoms with van der Waals surface area (Å²) in [6, 6.07) is 13.4. The largest absolute Gasteiger partial charge is 0.497 e. The number of nitrogen functional groups attached to an aromatic ring is 1. The average Bonchev–Trinajstić information content (AvgIpc) is 3.09. The van der Waals surface area contributed by atoms with Crippen molar-refractivity contribution in [2.24, 2.45) is 0 Å². The monoisotopic (exact) mass is 376 g/mol. The second kappa shape index (κ2) is 7.09. The first-order valence-corrected chi connectivity index (χ1v) is 8.03. The molecule has 3 aromatic rings. The molecule has 7 heteroatoms. The zero-order valence-corrected chi connectivity index (χ0v) is 14.7. The molecule has 3 rings (SSSR count). The van der Waals surface area contributed by atoms with Gasteiger partial charge in [-0.25, -0.2) is 0 Å². The number of nitrogens with two attached hydrogens (primary N) is 1. The quantitative estimate of drug-likeness (QED) is 0.621. The molecule has 1 aromatic heterocycles. The van der Waals surface area contributed by atoms with E-state index < -0.39 is 5.91 Å². The molecule has 2 aromatic carbocycles. The van der Waals surface area contributed by atoms with Crippen molar-refractivity contribution in [3.8, 4) is 17.1 Å². The molecule has 0 aliphatic rings. The number of methoxy groups -OCH3 is 1. The van der Waals surface area contributed by atoms with E-state index >= 15 is 0 Å². The highest BCUT2D eigenvalue weighted by atomic mass is 35.5. The summed E-state index contributed by atoms with van der Waals surface area (Å²) in [6.07, 6.45) is 0. The second-order valence-corrected chi connectivity index (χ2v) is 6.01. The average molecular weight is 377 g/mol. The van der Waals surface area contributed by atoms with Crippen LogP contribution in [0, 0.1) is 0 Å². The van der Waals surface area contributed by atoms with E-state index in [4.69, 9.17) is 38.1 Å². The Kier molecular flexibility index (Phi) is 4.88. The number of benzene rings is 2. The Bertz CT molecular complexity index is 938. The van der Waals surface area contributed by atoms with Gasteiger partial charge in [0.2, 0.25) is 0 Å². The maximum absolute atomic E-state index is 12.3. The highest BCUT2D eigenvalue weighted by Gasteiger charge is 2.14. The van der Waals surface area contributed by atoms with Gasteiger partial charge in [0, 0.05) is 11.6 Å². The van der Waals surface area contributed by atoms with Crippen LogP contribution in [0.25, 0.3) is 11.3 Å². The Hall–Kier alpha value is -2.63. The molecule has 3 N–H and O–H groups in total. The van der Waals surface area contributed by atoms with Crippen molar-refractivity contribution < 1.29 is 13.9 Å². The van der Waals surface area contributed by atoms with Crippen molar-refractivity contribution in [1.29, 1.82) is 0 Å². The minimum atomic E-state index is -0.414. The van der Waals surface area contributed by atoms with Crippen molar-refractivity contribution in [2.75, 3.05) is 18.2 Å². The van der Waals surface area contributed by atoms with E-state index in [0.29, 0.717) is 32.9 Å².